The van der Waals surface area contributed by atoms with Crippen LogP contribution in [0.3, 0.4) is 0 Å². The van der Waals surface area contributed by atoms with E-state index in [1.807, 2.05) is 0 Å². The molecule has 0 aromatic carbocycles. The molecule has 1 aromatic rings. The van der Waals surface area contributed by atoms with E-state index in [-0.39, 0.29) is 24.8 Å². The minimum absolute atomic E-state index is 0.197. The molecule has 2 fully saturated rings. The van der Waals surface area contributed by atoms with Crippen molar-refractivity contribution < 1.29 is 28.6 Å². The van der Waals surface area contributed by atoms with E-state index in [0.717, 1.165) is 50.4 Å². The molecule has 2 saturated heterocycles. The van der Waals surface area contributed by atoms with Crippen LogP contribution in [0.2, 0.25) is 0 Å². The van der Waals surface area contributed by atoms with Crippen LogP contribution in [-0.4, -0.2) is 86.4 Å². The number of urea groups is 1. The van der Waals surface area contributed by atoms with Crippen molar-refractivity contribution in [1.29, 1.82) is 0 Å². The van der Waals surface area contributed by atoms with Gasteiger partial charge in [0.2, 0.25) is 0 Å². The van der Waals surface area contributed by atoms with Gasteiger partial charge in [-0.3, -0.25) is 10.2 Å². The summed E-state index contributed by atoms with van der Waals surface area (Å²) in [6.07, 6.45) is 2.50. The van der Waals surface area contributed by atoms with Gasteiger partial charge in [-0.15, -0.1) is 11.3 Å². The number of nitrogens with zero attached hydrogens (tertiary/aromatic N) is 2. The number of rotatable bonds is 7. The SMILES string of the molecule is CCOC(=O)c1sc(NC(=O)N2CCN(C[C@H]3CCCO3)CC2)c(C(=O)OCC)c1C. The maximum atomic E-state index is 12.9. The van der Waals surface area contributed by atoms with Crippen molar-refractivity contribution in [3.8, 4) is 0 Å². The van der Waals surface area contributed by atoms with Crippen molar-refractivity contribution >= 4 is 34.3 Å². The molecule has 10 heteroatoms. The number of esters is 2. The molecule has 3 heterocycles. The lowest BCUT2D eigenvalue weighted by Gasteiger charge is -2.35. The fourth-order valence-electron chi connectivity index (χ4n) is 3.83. The van der Waals surface area contributed by atoms with Gasteiger partial charge >= 0.3 is 18.0 Å². The first-order valence-electron chi connectivity index (χ1n) is 10.8. The van der Waals surface area contributed by atoms with Crippen LogP contribution in [0.1, 0.15) is 52.3 Å². The summed E-state index contributed by atoms with van der Waals surface area (Å²) in [5, 5.41) is 3.13. The van der Waals surface area contributed by atoms with Gasteiger partial charge in [0.05, 0.1) is 24.9 Å². The number of piperazine rings is 1. The molecule has 0 unspecified atom stereocenters. The molecule has 0 saturated carbocycles. The van der Waals surface area contributed by atoms with Gasteiger partial charge in [-0.1, -0.05) is 0 Å². The summed E-state index contributed by atoms with van der Waals surface area (Å²) in [6, 6.07) is -0.293. The number of carbonyl (C=O) groups excluding carboxylic acids is 3. The van der Waals surface area contributed by atoms with Gasteiger partial charge in [-0.25, -0.2) is 14.4 Å². The summed E-state index contributed by atoms with van der Waals surface area (Å²) in [5.74, 6) is -1.08. The van der Waals surface area contributed by atoms with Crippen molar-refractivity contribution in [2.75, 3.05) is 57.9 Å². The average molecular weight is 454 g/mol. The molecule has 9 nitrogen and oxygen atoms in total. The molecule has 3 rings (SSSR count). The largest absolute Gasteiger partial charge is 0.462 e. The van der Waals surface area contributed by atoms with Crippen molar-refractivity contribution in [1.82, 2.24) is 9.80 Å². The minimum Gasteiger partial charge on any atom is -0.462 e. The van der Waals surface area contributed by atoms with E-state index in [2.05, 4.69) is 10.2 Å². The van der Waals surface area contributed by atoms with E-state index >= 15 is 0 Å². The molecule has 2 amide bonds. The summed E-state index contributed by atoms with van der Waals surface area (Å²) >= 11 is 1.04. The zero-order chi connectivity index (χ0) is 22.4. The first-order chi connectivity index (χ1) is 14.9. The van der Waals surface area contributed by atoms with Crippen molar-refractivity contribution in [3.63, 3.8) is 0 Å². The molecule has 1 atom stereocenters. The molecule has 172 valence electrons. The molecule has 0 aliphatic carbocycles. The Balaban J connectivity index is 1.66. The van der Waals surface area contributed by atoms with E-state index in [4.69, 9.17) is 14.2 Å². The van der Waals surface area contributed by atoms with Crippen LogP contribution in [-0.2, 0) is 14.2 Å². The molecule has 1 N–H and O–H groups in total. The Morgan fingerprint density at radius 2 is 1.77 bits per heavy atom. The summed E-state index contributed by atoms with van der Waals surface area (Å²) in [7, 11) is 0. The molecular formula is C21H31N3O6S. The minimum atomic E-state index is -0.566. The summed E-state index contributed by atoms with van der Waals surface area (Å²) < 4.78 is 15.9. The molecule has 0 spiro atoms. The number of nitrogens with one attached hydrogen (secondary N) is 1. The van der Waals surface area contributed by atoms with Gasteiger partial charge in [0.1, 0.15) is 9.88 Å². The number of hydrogen-bond acceptors (Lipinski definition) is 8. The van der Waals surface area contributed by atoms with Crippen LogP contribution in [0.15, 0.2) is 0 Å². The van der Waals surface area contributed by atoms with Crippen molar-refractivity contribution in [2.45, 2.75) is 39.7 Å². The van der Waals surface area contributed by atoms with E-state index in [1.165, 1.54) is 0 Å². The highest BCUT2D eigenvalue weighted by Gasteiger charge is 2.30. The van der Waals surface area contributed by atoms with Crippen LogP contribution in [0, 0.1) is 6.92 Å². The summed E-state index contributed by atoms with van der Waals surface area (Å²) in [5.41, 5.74) is 0.666. The Bertz CT molecular complexity index is 797. The Morgan fingerprint density at radius 1 is 1.10 bits per heavy atom. The second-order valence-corrected chi connectivity index (χ2v) is 8.57. The smallest absolute Gasteiger partial charge is 0.348 e. The van der Waals surface area contributed by atoms with Gasteiger partial charge in [0, 0.05) is 39.3 Å². The molecule has 1 aromatic heterocycles. The lowest BCUT2D eigenvalue weighted by atomic mass is 10.1. The topological polar surface area (TPSA) is 97.4 Å². The maximum Gasteiger partial charge on any atom is 0.348 e. The Kier molecular flexibility index (Phi) is 8.28. The zero-order valence-electron chi connectivity index (χ0n) is 18.4. The quantitative estimate of drug-likeness (QED) is 0.634. The third-order valence-corrected chi connectivity index (χ3v) is 6.64. The second kappa shape index (κ2) is 10.9. The summed E-state index contributed by atoms with van der Waals surface area (Å²) in [4.78, 5) is 42.0. The van der Waals surface area contributed by atoms with E-state index in [1.54, 1.807) is 25.7 Å². The summed E-state index contributed by atoms with van der Waals surface area (Å²) in [6.45, 7) is 9.96. The Morgan fingerprint density at radius 3 is 2.39 bits per heavy atom. The van der Waals surface area contributed by atoms with Gasteiger partial charge in [-0.05, 0) is 39.2 Å². The van der Waals surface area contributed by atoms with Crippen LogP contribution in [0.5, 0.6) is 0 Å². The predicted octanol–water partition coefficient (Wildman–Crippen LogP) is 2.74. The lowest BCUT2D eigenvalue weighted by Crippen LogP contribution is -2.51. The van der Waals surface area contributed by atoms with Crippen LogP contribution in [0.25, 0.3) is 0 Å². The van der Waals surface area contributed by atoms with Crippen LogP contribution in [0.4, 0.5) is 9.80 Å². The van der Waals surface area contributed by atoms with E-state index in [9.17, 15) is 14.4 Å². The van der Waals surface area contributed by atoms with Gasteiger partial charge in [0.25, 0.3) is 0 Å². The van der Waals surface area contributed by atoms with Gasteiger partial charge in [-0.2, -0.15) is 0 Å². The zero-order valence-corrected chi connectivity index (χ0v) is 19.2. The third-order valence-electron chi connectivity index (χ3n) is 5.45. The Labute approximate surface area is 186 Å². The highest BCUT2D eigenvalue weighted by atomic mass is 32.1. The fraction of sp³-hybridized carbons (Fsp3) is 0.667. The monoisotopic (exact) mass is 453 g/mol. The van der Waals surface area contributed by atoms with Crippen molar-refractivity contribution in [3.05, 3.63) is 16.0 Å². The average Bonchev–Trinajstić information content (AvgIpc) is 3.36. The number of anilines is 1. The van der Waals surface area contributed by atoms with Gasteiger partial charge < -0.3 is 19.1 Å². The molecule has 0 radical (unpaired) electrons. The number of amides is 2. The second-order valence-electron chi connectivity index (χ2n) is 7.55. The molecule has 2 aliphatic heterocycles. The first kappa shape index (κ1) is 23.5. The number of hydrogen-bond donors (Lipinski definition) is 1. The van der Waals surface area contributed by atoms with E-state index in [0.29, 0.717) is 34.6 Å². The highest BCUT2D eigenvalue weighted by Crippen LogP contribution is 2.34. The number of carbonyl (C=O) groups is 3. The predicted molar refractivity (Wildman–Crippen MR) is 117 cm³/mol. The lowest BCUT2D eigenvalue weighted by molar-refractivity contribution is 0.0527. The standard InChI is InChI=1S/C21H31N3O6S/c1-4-28-19(25)16-14(3)17(20(26)29-5-2)31-18(16)22-21(27)24-10-8-23(9-11-24)13-15-7-6-12-30-15/h15H,4-13H2,1-3H3,(H,22,27)/t15-/m1/s1. The Hall–Kier alpha value is -2.17. The number of ether oxygens (including phenoxy) is 3. The van der Waals surface area contributed by atoms with E-state index < -0.39 is 11.9 Å². The molecule has 0 bridgehead atoms. The van der Waals surface area contributed by atoms with Gasteiger partial charge in [0.15, 0.2) is 0 Å². The fourth-order valence-corrected chi connectivity index (χ4v) is 4.91. The van der Waals surface area contributed by atoms with Crippen LogP contribution >= 0.6 is 11.3 Å². The van der Waals surface area contributed by atoms with Crippen LogP contribution < -0.4 is 5.32 Å². The first-order valence-corrected chi connectivity index (χ1v) is 11.6. The third kappa shape index (κ3) is 5.75. The highest BCUT2D eigenvalue weighted by molar-refractivity contribution is 7.18. The molecule has 31 heavy (non-hydrogen) atoms. The number of thiophene rings is 1. The maximum absolute atomic E-state index is 12.9. The molecular weight excluding hydrogens is 422 g/mol. The van der Waals surface area contributed by atoms with Crippen molar-refractivity contribution in [2.24, 2.45) is 0 Å². The normalized spacial score (nSPS) is 19.3. The molecule has 2 aliphatic rings.